The molecule has 7 heteroatoms. The van der Waals surface area contributed by atoms with Crippen LogP contribution in [-0.4, -0.2) is 18.4 Å². The number of nitrogens with one attached hydrogen (secondary N) is 1. The van der Waals surface area contributed by atoms with Crippen molar-refractivity contribution in [3.8, 4) is 0 Å². The molecule has 0 aliphatic heterocycles. The minimum absolute atomic E-state index is 0.101. The van der Waals surface area contributed by atoms with Gasteiger partial charge in [-0.3, -0.25) is 9.59 Å². The van der Waals surface area contributed by atoms with Crippen LogP contribution in [0.25, 0.3) is 0 Å². The van der Waals surface area contributed by atoms with E-state index in [1.54, 1.807) is 42.5 Å². The number of rotatable bonds is 5. The number of hydrogen-bond donors (Lipinski definition) is 1. The molecule has 0 fully saturated rings. The first kappa shape index (κ1) is 18.6. The lowest BCUT2D eigenvalue weighted by molar-refractivity contribution is -0.117. The third-order valence-electron chi connectivity index (χ3n) is 3.29. The number of carbonyl (C=O) groups is 2. The zero-order valence-corrected chi connectivity index (χ0v) is 15.1. The number of benzene rings is 2. The maximum Gasteiger partial charge on any atom is 0.226 e. The first-order valence-corrected chi connectivity index (χ1v) is 8.29. The van der Waals surface area contributed by atoms with E-state index in [1.165, 1.54) is 11.8 Å². The molecule has 4 nitrogen and oxygen atoms in total. The van der Waals surface area contributed by atoms with Gasteiger partial charge in [-0.25, -0.2) is 0 Å². The van der Waals surface area contributed by atoms with Gasteiger partial charge in [-0.15, -0.1) is 0 Å². The van der Waals surface area contributed by atoms with Crippen LogP contribution in [0.5, 0.6) is 0 Å². The smallest absolute Gasteiger partial charge is 0.226 e. The molecule has 0 spiro atoms. The van der Waals surface area contributed by atoms with Crippen molar-refractivity contribution in [1.29, 1.82) is 0 Å². The lowest BCUT2D eigenvalue weighted by Gasteiger charge is -2.22. The van der Waals surface area contributed by atoms with Crippen LogP contribution >= 0.6 is 34.8 Å². The Bertz CT molecular complexity index is 765. The Morgan fingerprint density at radius 2 is 1.75 bits per heavy atom. The normalized spacial score (nSPS) is 10.3. The molecule has 2 aromatic rings. The molecule has 0 saturated carbocycles. The van der Waals surface area contributed by atoms with E-state index in [2.05, 4.69) is 5.32 Å². The van der Waals surface area contributed by atoms with Crippen molar-refractivity contribution in [2.45, 2.75) is 13.3 Å². The summed E-state index contributed by atoms with van der Waals surface area (Å²) in [5, 5.41) is 4.00. The largest absolute Gasteiger partial charge is 0.325 e. The van der Waals surface area contributed by atoms with Crippen LogP contribution in [0.15, 0.2) is 42.5 Å². The highest BCUT2D eigenvalue weighted by atomic mass is 35.5. The molecule has 2 aromatic carbocycles. The first-order chi connectivity index (χ1) is 11.4. The van der Waals surface area contributed by atoms with Crippen LogP contribution < -0.4 is 10.2 Å². The standard InChI is InChI=1S/C17H15Cl3N2O2/c1-11(23)22(16-7-6-12(18)10-14(16)20)9-8-17(24)21-15-5-3-2-4-13(15)19/h2-7,10H,8-9H2,1H3,(H,21,24). The van der Waals surface area contributed by atoms with Crippen molar-refractivity contribution < 1.29 is 9.59 Å². The van der Waals surface area contributed by atoms with E-state index < -0.39 is 0 Å². The summed E-state index contributed by atoms with van der Waals surface area (Å²) in [6.45, 7) is 1.60. The molecule has 0 aliphatic carbocycles. The first-order valence-electron chi connectivity index (χ1n) is 7.16. The van der Waals surface area contributed by atoms with Crippen molar-refractivity contribution in [3.63, 3.8) is 0 Å². The second-order valence-electron chi connectivity index (χ2n) is 5.04. The summed E-state index contributed by atoms with van der Waals surface area (Å²) in [6.07, 6.45) is 0.101. The fourth-order valence-electron chi connectivity index (χ4n) is 2.14. The second-order valence-corrected chi connectivity index (χ2v) is 6.30. The highest BCUT2D eigenvalue weighted by molar-refractivity contribution is 6.36. The van der Waals surface area contributed by atoms with Gasteiger partial charge < -0.3 is 10.2 Å². The van der Waals surface area contributed by atoms with E-state index in [4.69, 9.17) is 34.8 Å². The van der Waals surface area contributed by atoms with Gasteiger partial charge in [-0.1, -0.05) is 46.9 Å². The number of anilines is 2. The maximum absolute atomic E-state index is 12.1. The molecule has 1 N–H and O–H groups in total. The van der Waals surface area contributed by atoms with E-state index in [0.717, 1.165) is 0 Å². The number of hydrogen-bond acceptors (Lipinski definition) is 2. The van der Waals surface area contributed by atoms with Crippen LogP contribution in [-0.2, 0) is 9.59 Å². The fraction of sp³-hybridized carbons (Fsp3) is 0.176. The van der Waals surface area contributed by atoms with Crippen molar-refractivity contribution in [2.24, 2.45) is 0 Å². The third-order valence-corrected chi connectivity index (χ3v) is 4.16. The Kier molecular flexibility index (Phi) is 6.49. The van der Waals surface area contributed by atoms with E-state index in [9.17, 15) is 9.59 Å². The van der Waals surface area contributed by atoms with E-state index in [1.807, 2.05) is 0 Å². The van der Waals surface area contributed by atoms with Gasteiger partial charge >= 0.3 is 0 Å². The average Bonchev–Trinajstić information content (AvgIpc) is 2.51. The van der Waals surface area contributed by atoms with Gasteiger partial charge in [0.05, 0.1) is 21.4 Å². The van der Waals surface area contributed by atoms with Crippen molar-refractivity contribution in [3.05, 3.63) is 57.5 Å². The average molecular weight is 386 g/mol. The van der Waals surface area contributed by atoms with Gasteiger partial charge in [-0.2, -0.15) is 0 Å². The molecule has 24 heavy (non-hydrogen) atoms. The van der Waals surface area contributed by atoms with Gasteiger partial charge in [0, 0.05) is 24.9 Å². The van der Waals surface area contributed by atoms with E-state index >= 15 is 0 Å². The minimum Gasteiger partial charge on any atom is -0.325 e. The SMILES string of the molecule is CC(=O)N(CCC(=O)Nc1ccccc1Cl)c1ccc(Cl)cc1Cl. The predicted molar refractivity (Wildman–Crippen MR) is 99.2 cm³/mol. The van der Waals surface area contributed by atoms with Crippen LogP contribution in [0.1, 0.15) is 13.3 Å². The Morgan fingerprint density at radius 1 is 1.04 bits per heavy atom. The van der Waals surface area contributed by atoms with Crippen LogP contribution in [0.3, 0.4) is 0 Å². The fourth-order valence-corrected chi connectivity index (χ4v) is 2.83. The van der Waals surface area contributed by atoms with Crippen LogP contribution in [0.4, 0.5) is 11.4 Å². The molecule has 0 radical (unpaired) electrons. The molecule has 0 saturated heterocycles. The molecule has 0 atom stereocenters. The lowest BCUT2D eigenvalue weighted by atomic mass is 10.2. The zero-order chi connectivity index (χ0) is 17.7. The summed E-state index contributed by atoms with van der Waals surface area (Å²) in [5.41, 5.74) is 1.04. The van der Waals surface area contributed by atoms with Gasteiger partial charge in [-0.05, 0) is 30.3 Å². The van der Waals surface area contributed by atoms with Gasteiger partial charge in [0.1, 0.15) is 0 Å². The van der Waals surface area contributed by atoms with Gasteiger partial charge in [0.25, 0.3) is 0 Å². The zero-order valence-electron chi connectivity index (χ0n) is 12.9. The molecule has 0 heterocycles. The molecular weight excluding hydrogens is 371 g/mol. The topological polar surface area (TPSA) is 49.4 Å². The Morgan fingerprint density at radius 3 is 2.38 bits per heavy atom. The Hall–Kier alpha value is -1.75. The quantitative estimate of drug-likeness (QED) is 0.785. The Labute approximate surface area is 155 Å². The monoisotopic (exact) mass is 384 g/mol. The molecule has 2 rings (SSSR count). The summed E-state index contributed by atoms with van der Waals surface area (Å²) in [5.74, 6) is -0.468. The number of nitrogens with zero attached hydrogens (tertiary/aromatic N) is 1. The summed E-state index contributed by atoms with van der Waals surface area (Å²) in [7, 11) is 0. The van der Waals surface area contributed by atoms with Gasteiger partial charge in [0.2, 0.25) is 11.8 Å². The predicted octanol–water partition coefficient (Wildman–Crippen LogP) is 5.03. The van der Waals surface area contributed by atoms with Crippen LogP contribution in [0, 0.1) is 0 Å². The molecular formula is C17H15Cl3N2O2. The molecule has 2 amide bonds. The van der Waals surface area contributed by atoms with Crippen molar-refractivity contribution in [1.82, 2.24) is 0 Å². The number of para-hydroxylation sites is 1. The summed E-state index contributed by atoms with van der Waals surface area (Å²) >= 11 is 18.0. The lowest BCUT2D eigenvalue weighted by Crippen LogP contribution is -2.32. The Balaban J connectivity index is 2.05. The third kappa shape index (κ3) is 4.87. The second kappa shape index (κ2) is 8.38. The van der Waals surface area contributed by atoms with Crippen molar-refractivity contribution >= 4 is 58.0 Å². The van der Waals surface area contributed by atoms with E-state index in [-0.39, 0.29) is 24.8 Å². The number of amides is 2. The molecule has 126 valence electrons. The van der Waals surface area contributed by atoms with Crippen molar-refractivity contribution in [2.75, 3.05) is 16.8 Å². The molecule has 0 aromatic heterocycles. The minimum atomic E-state index is -0.251. The maximum atomic E-state index is 12.1. The molecule has 0 unspecified atom stereocenters. The van der Waals surface area contributed by atoms with E-state index in [0.29, 0.717) is 26.4 Å². The highest BCUT2D eigenvalue weighted by Crippen LogP contribution is 2.29. The number of halogens is 3. The molecule has 0 aliphatic rings. The summed E-state index contributed by atoms with van der Waals surface area (Å²) in [6, 6.07) is 11.8. The molecule has 0 bridgehead atoms. The number of carbonyl (C=O) groups excluding carboxylic acids is 2. The van der Waals surface area contributed by atoms with Gasteiger partial charge in [0.15, 0.2) is 0 Å². The van der Waals surface area contributed by atoms with Crippen LogP contribution in [0.2, 0.25) is 15.1 Å². The summed E-state index contributed by atoms with van der Waals surface area (Å²) < 4.78 is 0. The highest BCUT2D eigenvalue weighted by Gasteiger charge is 2.17. The summed E-state index contributed by atoms with van der Waals surface area (Å²) in [4.78, 5) is 25.4.